The van der Waals surface area contributed by atoms with Crippen molar-refractivity contribution in [2.45, 2.75) is 13.0 Å². The first-order valence-electron chi connectivity index (χ1n) is 8.95. The average Bonchev–Trinajstić information content (AvgIpc) is 3.36. The maximum atomic E-state index is 12.7. The Morgan fingerprint density at radius 1 is 1.25 bits per heavy atom. The van der Waals surface area contributed by atoms with Crippen molar-refractivity contribution in [1.29, 1.82) is 0 Å². The van der Waals surface area contributed by atoms with E-state index < -0.39 is 0 Å². The number of H-pyrrole nitrogens is 1. The lowest BCUT2D eigenvalue weighted by Gasteiger charge is -2.35. The maximum absolute atomic E-state index is 12.7. The summed E-state index contributed by atoms with van der Waals surface area (Å²) in [5.74, 6) is 1.80. The average molecular weight is 435 g/mol. The fourth-order valence-corrected chi connectivity index (χ4v) is 4.28. The van der Waals surface area contributed by atoms with Crippen LogP contribution in [0.15, 0.2) is 35.8 Å². The Kier molecular flexibility index (Phi) is 5.74. The highest BCUT2D eigenvalue weighted by atomic mass is 35.5. The first-order chi connectivity index (χ1) is 13.6. The third-order valence-electron chi connectivity index (χ3n) is 4.72. The Morgan fingerprint density at radius 3 is 2.75 bits per heavy atom. The number of rotatable bonds is 5. The topological polar surface area (TPSA) is 70.1 Å². The zero-order valence-corrected chi connectivity index (χ0v) is 17.4. The smallest absolute Gasteiger partial charge is 0.224 e. The summed E-state index contributed by atoms with van der Waals surface area (Å²) in [6.07, 6.45) is 2.04. The van der Waals surface area contributed by atoms with E-state index in [1.165, 1.54) is 0 Å². The summed E-state index contributed by atoms with van der Waals surface area (Å²) in [6, 6.07) is 7.72. The van der Waals surface area contributed by atoms with Gasteiger partial charge >= 0.3 is 0 Å². The zero-order chi connectivity index (χ0) is 19.5. The van der Waals surface area contributed by atoms with Crippen molar-refractivity contribution in [2.24, 2.45) is 0 Å². The van der Waals surface area contributed by atoms with Crippen LogP contribution in [0.2, 0.25) is 5.02 Å². The number of carbonyl (C=O) groups excluding carboxylic acids is 1. The summed E-state index contributed by atoms with van der Waals surface area (Å²) >= 11 is 12.8. The van der Waals surface area contributed by atoms with Gasteiger partial charge in [0.1, 0.15) is 5.82 Å². The van der Waals surface area contributed by atoms with E-state index in [1.807, 2.05) is 39.1 Å². The van der Waals surface area contributed by atoms with E-state index in [-0.39, 0.29) is 5.91 Å². The monoisotopic (exact) mass is 434 g/mol. The Bertz CT molecular complexity index is 990. The van der Waals surface area contributed by atoms with Crippen LogP contribution in [0.1, 0.15) is 6.42 Å². The molecule has 4 heterocycles. The molecular formula is C18H19ClN6OS2. The summed E-state index contributed by atoms with van der Waals surface area (Å²) < 4.78 is 2.43. The molecule has 7 nitrogen and oxygen atoms in total. The van der Waals surface area contributed by atoms with Crippen molar-refractivity contribution in [3.63, 3.8) is 0 Å². The number of hydrogen-bond acceptors (Lipinski definition) is 6. The predicted octanol–water partition coefficient (Wildman–Crippen LogP) is 3.46. The van der Waals surface area contributed by atoms with E-state index in [4.69, 9.17) is 23.8 Å². The molecule has 3 aromatic heterocycles. The van der Waals surface area contributed by atoms with Crippen molar-refractivity contribution in [3.05, 3.63) is 45.6 Å². The lowest BCUT2D eigenvalue weighted by atomic mass is 10.2. The number of aromatic amines is 1. The number of nitrogens with one attached hydrogen (secondary N) is 1. The molecule has 0 radical (unpaired) electrons. The molecule has 1 fully saturated rings. The van der Waals surface area contributed by atoms with Gasteiger partial charge in [0.25, 0.3) is 0 Å². The second-order valence-corrected chi connectivity index (χ2v) is 8.20. The van der Waals surface area contributed by atoms with Gasteiger partial charge in [-0.2, -0.15) is 5.10 Å². The van der Waals surface area contributed by atoms with Crippen LogP contribution in [0, 0.1) is 4.77 Å². The van der Waals surface area contributed by atoms with E-state index in [2.05, 4.69) is 20.1 Å². The van der Waals surface area contributed by atoms with Gasteiger partial charge in [-0.25, -0.2) is 4.98 Å². The summed E-state index contributed by atoms with van der Waals surface area (Å²) in [5, 5.41) is 9.76. The molecular weight excluding hydrogens is 416 g/mol. The van der Waals surface area contributed by atoms with Gasteiger partial charge in [-0.1, -0.05) is 17.7 Å². The second-order valence-electron chi connectivity index (χ2n) is 6.43. The van der Waals surface area contributed by atoms with Gasteiger partial charge in [-0.15, -0.1) is 11.3 Å². The summed E-state index contributed by atoms with van der Waals surface area (Å²) in [7, 11) is 0. The van der Waals surface area contributed by atoms with E-state index in [1.54, 1.807) is 17.5 Å². The van der Waals surface area contributed by atoms with Gasteiger partial charge in [0, 0.05) is 45.3 Å². The molecule has 1 N–H and O–H groups in total. The molecule has 0 bridgehead atoms. The fraction of sp³-hybridized carbons (Fsp3) is 0.333. The van der Waals surface area contributed by atoms with Crippen LogP contribution in [0.3, 0.4) is 0 Å². The number of aromatic nitrogens is 4. The number of anilines is 1. The quantitative estimate of drug-likeness (QED) is 0.623. The highest BCUT2D eigenvalue weighted by Gasteiger charge is 2.22. The van der Waals surface area contributed by atoms with Gasteiger partial charge < -0.3 is 9.80 Å². The van der Waals surface area contributed by atoms with Crippen molar-refractivity contribution in [3.8, 4) is 10.7 Å². The molecule has 1 amide bonds. The van der Waals surface area contributed by atoms with Crippen molar-refractivity contribution in [2.75, 3.05) is 31.1 Å². The van der Waals surface area contributed by atoms with Crippen molar-refractivity contribution < 1.29 is 4.79 Å². The SMILES string of the molecule is O=C(CCn1c(-c2cccs2)n[nH]c1=S)N1CCN(c2ccc(Cl)cn2)CC1. The van der Waals surface area contributed by atoms with Gasteiger partial charge in [0.05, 0.1) is 9.90 Å². The van der Waals surface area contributed by atoms with Crippen molar-refractivity contribution >= 4 is 46.9 Å². The molecule has 0 atom stereocenters. The van der Waals surface area contributed by atoms with E-state index in [0.717, 1.165) is 29.6 Å². The number of amides is 1. The van der Waals surface area contributed by atoms with Crippen LogP contribution < -0.4 is 4.90 Å². The normalized spacial score (nSPS) is 14.5. The highest BCUT2D eigenvalue weighted by molar-refractivity contribution is 7.71. The Morgan fingerprint density at radius 2 is 2.07 bits per heavy atom. The first kappa shape index (κ1) is 19.1. The van der Waals surface area contributed by atoms with Gasteiger partial charge in [0.2, 0.25) is 5.91 Å². The minimum atomic E-state index is 0.129. The van der Waals surface area contributed by atoms with Crippen LogP contribution in [-0.2, 0) is 11.3 Å². The summed E-state index contributed by atoms with van der Waals surface area (Å²) in [6.45, 7) is 3.38. The number of carbonyl (C=O) groups is 1. The molecule has 1 aliphatic heterocycles. The lowest BCUT2D eigenvalue weighted by molar-refractivity contribution is -0.131. The van der Waals surface area contributed by atoms with E-state index >= 15 is 0 Å². The Balaban J connectivity index is 1.34. The number of thiophene rings is 1. The van der Waals surface area contributed by atoms with E-state index in [9.17, 15) is 4.79 Å². The van der Waals surface area contributed by atoms with Gasteiger partial charge in [-0.05, 0) is 35.8 Å². The number of hydrogen-bond donors (Lipinski definition) is 1. The molecule has 0 unspecified atom stereocenters. The fourth-order valence-electron chi connectivity index (χ4n) is 3.22. The standard InChI is InChI=1S/C18H19ClN6OS2/c19-13-3-4-15(20-12-13)23-7-9-24(10-8-23)16(26)5-6-25-17(21-22-18(25)27)14-2-1-11-28-14/h1-4,11-12H,5-10H2,(H,22,27). The first-order valence-corrected chi connectivity index (χ1v) is 10.6. The largest absolute Gasteiger partial charge is 0.353 e. The number of halogens is 1. The molecule has 10 heteroatoms. The Labute approximate surface area is 176 Å². The summed E-state index contributed by atoms with van der Waals surface area (Å²) in [5.41, 5.74) is 0. The third kappa shape index (κ3) is 4.11. The van der Waals surface area contributed by atoms with Crippen molar-refractivity contribution in [1.82, 2.24) is 24.6 Å². The van der Waals surface area contributed by atoms with Crippen LogP contribution >= 0.6 is 35.2 Å². The lowest BCUT2D eigenvalue weighted by Crippen LogP contribution is -2.49. The number of pyridine rings is 1. The molecule has 4 rings (SSSR count). The maximum Gasteiger partial charge on any atom is 0.224 e. The highest BCUT2D eigenvalue weighted by Crippen LogP contribution is 2.23. The molecule has 146 valence electrons. The van der Waals surface area contributed by atoms with Crippen LogP contribution in [-0.4, -0.2) is 56.7 Å². The zero-order valence-electron chi connectivity index (χ0n) is 15.0. The predicted molar refractivity (Wildman–Crippen MR) is 113 cm³/mol. The number of nitrogens with zero attached hydrogens (tertiary/aromatic N) is 5. The molecule has 1 aliphatic rings. The molecule has 1 saturated heterocycles. The third-order valence-corrected chi connectivity index (χ3v) is 6.12. The number of piperazine rings is 1. The molecule has 0 saturated carbocycles. The van der Waals surface area contributed by atoms with Crippen LogP contribution in [0.25, 0.3) is 10.7 Å². The van der Waals surface area contributed by atoms with Gasteiger partial charge in [-0.3, -0.25) is 14.5 Å². The molecule has 3 aromatic rings. The molecule has 0 aromatic carbocycles. The minimum Gasteiger partial charge on any atom is -0.353 e. The van der Waals surface area contributed by atoms with Gasteiger partial charge in [0.15, 0.2) is 10.6 Å². The van der Waals surface area contributed by atoms with E-state index in [0.29, 0.717) is 35.8 Å². The summed E-state index contributed by atoms with van der Waals surface area (Å²) in [4.78, 5) is 22.1. The minimum absolute atomic E-state index is 0.129. The second kappa shape index (κ2) is 8.42. The van der Waals surface area contributed by atoms with Crippen LogP contribution in [0.5, 0.6) is 0 Å². The Hall–Kier alpha value is -2.23. The molecule has 0 spiro atoms. The molecule has 0 aliphatic carbocycles. The molecule has 28 heavy (non-hydrogen) atoms. The van der Waals surface area contributed by atoms with Crippen LogP contribution in [0.4, 0.5) is 5.82 Å².